The number of rotatable bonds is 4. The zero-order valence-electron chi connectivity index (χ0n) is 10.9. The first-order valence-corrected chi connectivity index (χ1v) is 6.66. The quantitative estimate of drug-likeness (QED) is 0.632. The molecule has 0 aliphatic rings. The molecule has 0 saturated heterocycles. The first-order valence-electron chi connectivity index (χ1n) is 5.71. The molecule has 0 aliphatic carbocycles. The SMILES string of the molecule is CC.CC.CC(=O)C(Cc1ccsc1)NN. The van der Waals surface area contributed by atoms with Crippen molar-refractivity contribution in [1.29, 1.82) is 0 Å². The van der Waals surface area contributed by atoms with Crippen LogP contribution in [-0.4, -0.2) is 11.8 Å². The number of carbonyl (C=O) groups is 1. The van der Waals surface area contributed by atoms with E-state index in [1.807, 2.05) is 44.5 Å². The van der Waals surface area contributed by atoms with Gasteiger partial charge in [-0.2, -0.15) is 11.3 Å². The van der Waals surface area contributed by atoms with E-state index in [0.717, 1.165) is 5.56 Å². The lowest BCUT2D eigenvalue weighted by Crippen LogP contribution is -2.41. The van der Waals surface area contributed by atoms with Gasteiger partial charge >= 0.3 is 0 Å². The number of hydrogen-bond acceptors (Lipinski definition) is 4. The van der Waals surface area contributed by atoms with Crippen LogP contribution in [0.15, 0.2) is 16.8 Å². The van der Waals surface area contributed by atoms with Crippen molar-refractivity contribution in [2.45, 2.75) is 47.1 Å². The summed E-state index contributed by atoms with van der Waals surface area (Å²) in [6.45, 7) is 9.54. The molecule has 1 aromatic heterocycles. The summed E-state index contributed by atoms with van der Waals surface area (Å²) in [6, 6.07) is 1.75. The molecule has 0 aromatic carbocycles. The zero-order chi connectivity index (χ0) is 13.0. The molecule has 0 amide bonds. The van der Waals surface area contributed by atoms with Crippen molar-refractivity contribution >= 4 is 17.1 Å². The fraction of sp³-hybridized carbons (Fsp3) is 0.583. The van der Waals surface area contributed by atoms with Gasteiger partial charge < -0.3 is 0 Å². The minimum atomic E-state index is -0.250. The van der Waals surface area contributed by atoms with Gasteiger partial charge in [0.25, 0.3) is 0 Å². The highest BCUT2D eigenvalue weighted by Crippen LogP contribution is 2.08. The number of carbonyl (C=O) groups excluding carboxylic acids is 1. The Morgan fingerprint density at radius 1 is 1.44 bits per heavy atom. The van der Waals surface area contributed by atoms with Gasteiger partial charge in [-0.25, -0.2) is 5.43 Å². The summed E-state index contributed by atoms with van der Waals surface area (Å²) in [5.74, 6) is 5.30. The smallest absolute Gasteiger partial charge is 0.148 e. The number of hydrazine groups is 1. The predicted octanol–water partition coefficient (Wildman–Crippen LogP) is 2.76. The number of thiophene rings is 1. The molecule has 0 radical (unpaired) electrons. The van der Waals surface area contributed by atoms with Gasteiger partial charge in [-0.1, -0.05) is 27.7 Å². The second-order valence-corrected chi connectivity index (χ2v) is 3.45. The molecule has 0 saturated carbocycles. The van der Waals surface area contributed by atoms with Crippen LogP contribution in [-0.2, 0) is 11.2 Å². The normalized spacial score (nSPS) is 10.4. The number of ketones is 1. The van der Waals surface area contributed by atoms with Crippen LogP contribution in [0.25, 0.3) is 0 Å². The maximum Gasteiger partial charge on any atom is 0.148 e. The number of nitrogens with one attached hydrogen (secondary N) is 1. The molecule has 4 heteroatoms. The Labute approximate surface area is 103 Å². The molecule has 94 valence electrons. The number of nitrogens with two attached hydrogens (primary N) is 1. The van der Waals surface area contributed by atoms with Crippen LogP contribution in [0.2, 0.25) is 0 Å². The minimum Gasteiger partial charge on any atom is -0.298 e. The zero-order valence-corrected chi connectivity index (χ0v) is 11.7. The summed E-state index contributed by atoms with van der Waals surface area (Å²) < 4.78 is 0. The Bertz CT molecular complexity index is 248. The first kappa shape index (κ1) is 17.7. The maximum absolute atomic E-state index is 11.0. The second-order valence-electron chi connectivity index (χ2n) is 2.67. The maximum atomic E-state index is 11.0. The fourth-order valence-corrected chi connectivity index (χ4v) is 1.65. The number of hydrogen-bond donors (Lipinski definition) is 2. The van der Waals surface area contributed by atoms with E-state index in [2.05, 4.69) is 5.43 Å². The van der Waals surface area contributed by atoms with Gasteiger partial charge in [0, 0.05) is 0 Å². The summed E-state index contributed by atoms with van der Waals surface area (Å²) in [5.41, 5.74) is 3.65. The van der Waals surface area contributed by atoms with Crippen molar-refractivity contribution in [2.75, 3.05) is 0 Å². The molecule has 1 heterocycles. The third-order valence-corrected chi connectivity index (χ3v) is 2.44. The van der Waals surface area contributed by atoms with Crippen LogP contribution in [0.1, 0.15) is 40.2 Å². The Kier molecular flexibility index (Phi) is 13.7. The average Bonchev–Trinajstić information content (AvgIpc) is 2.83. The van der Waals surface area contributed by atoms with Gasteiger partial charge in [0.2, 0.25) is 0 Å². The fourth-order valence-electron chi connectivity index (χ4n) is 0.965. The summed E-state index contributed by atoms with van der Waals surface area (Å²) in [4.78, 5) is 11.0. The van der Waals surface area contributed by atoms with Crippen molar-refractivity contribution < 1.29 is 4.79 Å². The van der Waals surface area contributed by atoms with Gasteiger partial charge in [-0.3, -0.25) is 10.6 Å². The molecule has 0 fully saturated rings. The van der Waals surface area contributed by atoms with E-state index < -0.39 is 0 Å². The molecule has 0 spiro atoms. The lowest BCUT2D eigenvalue weighted by Gasteiger charge is -2.10. The highest BCUT2D eigenvalue weighted by atomic mass is 32.1. The van der Waals surface area contributed by atoms with Crippen molar-refractivity contribution in [3.8, 4) is 0 Å². The minimum absolute atomic E-state index is 0.0729. The summed E-state index contributed by atoms with van der Waals surface area (Å²) in [7, 11) is 0. The molecule has 0 aliphatic heterocycles. The highest BCUT2D eigenvalue weighted by molar-refractivity contribution is 7.07. The molecule has 16 heavy (non-hydrogen) atoms. The molecule has 1 unspecified atom stereocenters. The molecule has 3 N–H and O–H groups in total. The first-order chi connectivity index (χ1) is 7.74. The van der Waals surface area contributed by atoms with Gasteiger partial charge in [-0.15, -0.1) is 0 Å². The molecule has 1 atom stereocenters. The Morgan fingerprint density at radius 2 is 2.00 bits per heavy atom. The summed E-state index contributed by atoms with van der Waals surface area (Å²) in [6.07, 6.45) is 0.676. The van der Waals surface area contributed by atoms with Crippen molar-refractivity contribution in [2.24, 2.45) is 5.84 Å². The van der Waals surface area contributed by atoms with Gasteiger partial charge in [-0.05, 0) is 35.7 Å². The van der Waals surface area contributed by atoms with E-state index in [0.29, 0.717) is 6.42 Å². The average molecular weight is 244 g/mol. The van der Waals surface area contributed by atoms with Crippen LogP contribution >= 0.6 is 11.3 Å². The van der Waals surface area contributed by atoms with Gasteiger partial charge in [0.05, 0.1) is 6.04 Å². The summed E-state index contributed by atoms with van der Waals surface area (Å²) in [5, 5.41) is 4.01. The van der Waals surface area contributed by atoms with E-state index in [-0.39, 0.29) is 11.8 Å². The molecule has 1 rings (SSSR count). The Morgan fingerprint density at radius 3 is 2.31 bits per heavy atom. The van der Waals surface area contributed by atoms with E-state index in [1.165, 1.54) is 6.92 Å². The van der Waals surface area contributed by atoms with E-state index in [9.17, 15) is 4.79 Å². The Hall–Kier alpha value is -0.710. The lowest BCUT2D eigenvalue weighted by atomic mass is 10.1. The molecular weight excluding hydrogens is 220 g/mol. The van der Waals surface area contributed by atoms with Crippen molar-refractivity contribution in [1.82, 2.24) is 5.43 Å². The molecular formula is C12H24N2OS. The summed E-state index contributed by atoms with van der Waals surface area (Å²) >= 11 is 1.62. The third-order valence-electron chi connectivity index (χ3n) is 1.71. The van der Waals surface area contributed by atoms with Crippen molar-refractivity contribution in [3.05, 3.63) is 22.4 Å². The van der Waals surface area contributed by atoms with E-state index >= 15 is 0 Å². The largest absolute Gasteiger partial charge is 0.298 e. The topological polar surface area (TPSA) is 55.1 Å². The van der Waals surface area contributed by atoms with E-state index in [1.54, 1.807) is 11.3 Å². The standard InChI is InChI=1S/C8H12N2OS.2C2H6/c1-6(11)8(10-9)4-7-2-3-12-5-7;2*1-2/h2-3,5,8,10H,4,9H2,1H3;2*1-2H3. The van der Waals surface area contributed by atoms with Crippen LogP contribution in [0.5, 0.6) is 0 Å². The highest BCUT2D eigenvalue weighted by Gasteiger charge is 2.12. The van der Waals surface area contributed by atoms with Gasteiger partial charge in [0.1, 0.15) is 5.78 Å². The number of Topliss-reactive ketones (excluding diaryl/α,β-unsaturated/α-hetero) is 1. The van der Waals surface area contributed by atoms with Crippen LogP contribution in [0.4, 0.5) is 0 Å². The molecule has 1 aromatic rings. The third kappa shape index (κ3) is 7.56. The second kappa shape index (κ2) is 12.4. The molecule has 3 nitrogen and oxygen atoms in total. The van der Waals surface area contributed by atoms with Crippen LogP contribution in [0.3, 0.4) is 0 Å². The van der Waals surface area contributed by atoms with Crippen LogP contribution < -0.4 is 11.3 Å². The predicted molar refractivity (Wildman–Crippen MR) is 72.5 cm³/mol. The monoisotopic (exact) mass is 244 g/mol. The van der Waals surface area contributed by atoms with E-state index in [4.69, 9.17) is 5.84 Å². The Balaban J connectivity index is 0. The van der Waals surface area contributed by atoms with Crippen molar-refractivity contribution in [3.63, 3.8) is 0 Å². The molecule has 0 bridgehead atoms. The lowest BCUT2D eigenvalue weighted by molar-refractivity contribution is -0.118. The van der Waals surface area contributed by atoms with Crippen LogP contribution in [0, 0.1) is 0 Å². The van der Waals surface area contributed by atoms with Gasteiger partial charge in [0.15, 0.2) is 0 Å².